The highest BCUT2D eigenvalue weighted by atomic mass is 16.4. The van der Waals surface area contributed by atoms with Crippen LogP contribution in [0.3, 0.4) is 0 Å². The third kappa shape index (κ3) is 2.76. The van der Waals surface area contributed by atoms with Gasteiger partial charge in [-0.15, -0.1) is 0 Å². The molecule has 0 heterocycles. The van der Waals surface area contributed by atoms with Crippen LogP contribution in [0.4, 0.5) is 11.4 Å². The molecule has 0 bridgehead atoms. The molecule has 0 unspecified atom stereocenters. The van der Waals surface area contributed by atoms with Crippen LogP contribution in [0.15, 0.2) is 42.5 Å². The van der Waals surface area contributed by atoms with Crippen LogP contribution in [0.1, 0.15) is 21.5 Å². The van der Waals surface area contributed by atoms with Gasteiger partial charge in [-0.2, -0.15) is 0 Å². The zero-order valence-corrected chi connectivity index (χ0v) is 11.3. The number of aryl methyl sites for hydroxylation is 2. The van der Waals surface area contributed by atoms with Crippen molar-refractivity contribution in [2.45, 2.75) is 13.8 Å². The van der Waals surface area contributed by atoms with Crippen molar-refractivity contribution in [3.05, 3.63) is 59.2 Å². The molecule has 3 heteroatoms. The van der Waals surface area contributed by atoms with Crippen molar-refractivity contribution >= 4 is 17.3 Å². The molecule has 2 aromatic carbocycles. The molecule has 1 N–H and O–H groups in total. The minimum Gasteiger partial charge on any atom is -0.478 e. The summed E-state index contributed by atoms with van der Waals surface area (Å²) in [7, 11) is 1.98. The lowest BCUT2D eigenvalue weighted by Crippen LogP contribution is -2.10. The smallest absolute Gasteiger partial charge is 0.335 e. The first-order valence-electron chi connectivity index (χ1n) is 6.13. The summed E-state index contributed by atoms with van der Waals surface area (Å²) in [6, 6.07) is 13.6. The van der Waals surface area contributed by atoms with Crippen molar-refractivity contribution in [1.82, 2.24) is 0 Å². The SMILES string of the molecule is Cc1cccc(N(C)c2ccc(C(=O)O)c(C)c2)c1. The summed E-state index contributed by atoms with van der Waals surface area (Å²) in [5.41, 5.74) is 4.38. The molecule has 0 radical (unpaired) electrons. The number of carboxylic acid groups (broad SMARTS) is 1. The third-order valence-corrected chi connectivity index (χ3v) is 3.22. The molecule has 0 aliphatic heterocycles. The molecule has 0 spiro atoms. The molecule has 0 aliphatic rings. The number of aromatic carboxylic acids is 1. The second kappa shape index (κ2) is 5.14. The summed E-state index contributed by atoms with van der Waals surface area (Å²) in [6.07, 6.45) is 0. The van der Waals surface area contributed by atoms with E-state index in [1.807, 2.05) is 43.1 Å². The van der Waals surface area contributed by atoms with Gasteiger partial charge in [0.1, 0.15) is 0 Å². The van der Waals surface area contributed by atoms with Gasteiger partial charge in [0, 0.05) is 18.4 Å². The molecule has 2 aromatic rings. The van der Waals surface area contributed by atoms with Crippen molar-refractivity contribution in [2.24, 2.45) is 0 Å². The molecule has 0 atom stereocenters. The van der Waals surface area contributed by atoms with E-state index in [-0.39, 0.29) is 0 Å². The number of rotatable bonds is 3. The van der Waals surface area contributed by atoms with Crippen LogP contribution in [0, 0.1) is 13.8 Å². The predicted octanol–water partition coefficient (Wildman–Crippen LogP) is 3.77. The fourth-order valence-electron chi connectivity index (χ4n) is 2.08. The molecule has 2 rings (SSSR count). The molecule has 98 valence electrons. The van der Waals surface area contributed by atoms with E-state index in [1.54, 1.807) is 6.07 Å². The zero-order valence-electron chi connectivity index (χ0n) is 11.3. The maximum atomic E-state index is 11.0. The molecule has 0 fully saturated rings. The summed E-state index contributed by atoms with van der Waals surface area (Å²) in [4.78, 5) is 13.1. The first-order valence-corrected chi connectivity index (χ1v) is 6.13. The largest absolute Gasteiger partial charge is 0.478 e. The molecule has 0 amide bonds. The lowest BCUT2D eigenvalue weighted by molar-refractivity contribution is 0.0696. The summed E-state index contributed by atoms with van der Waals surface area (Å²) in [5.74, 6) is -0.887. The predicted molar refractivity (Wildman–Crippen MR) is 77.4 cm³/mol. The van der Waals surface area contributed by atoms with Gasteiger partial charge in [-0.1, -0.05) is 12.1 Å². The third-order valence-electron chi connectivity index (χ3n) is 3.22. The molecule has 0 saturated heterocycles. The highest BCUT2D eigenvalue weighted by molar-refractivity contribution is 5.90. The number of benzene rings is 2. The quantitative estimate of drug-likeness (QED) is 0.907. The minimum atomic E-state index is -0.887. The average molecular weight is 255 g/mol. The lowest BCUT2D eigenvalue weighted by Gasteiger charge is -2.21. The van der Waals surface area contributed by atoms with Crippen LogP contribution in [-0.4, -0.2) is 18.1 Å². The number of anilines is 2. The van der Waals surface area contributed by atoms with Gasteiger partial charge in [-0.3, -0.25) is 0 Å². The van der Waals surface area contributed by atoms with Crippen molar-refractivity contribution < 1.29 is 9.90 Å². The second-order valence-corrected chi connectivity index (χ2v) is 4.70. The van der Waals surface area contributed by atoms with E-state index in [1.165, 1.54) is 5.56 Å². The highest BCUT2D eigenvalue weighted by Gasteiger charge is 2.10. The Morgan fingerprint density at radius 1 is 1.05 bits per heavy atom. The number of carboxylic acids is 1. The van der Waals surface area contributed by atoms with E-state index >= 15 is 0 Å². The Kier molecular flexibility index (Phi) is 3.56. The van der Waals surface area contributed by atoms with E-state index in [0.717, 1.165) is 16.9 Å². The standard InChI is InChI=1S/C16H17NO2/c1-11-5-4-6-13(9-11)17(3)14-7-8-15(16(18)19)12(2)10-14/h4-10H,1-3H3,(H,18,19). The fraction of sp³-hybridized carbons (Fsp3) is 0.188. The van der Waals surface area contributed by atoms with Crippen LogP contribution in [-0.2, 0) is 0 Å². The van der Waals surface area contributed by atoms with Crippen molar-refractivity contribution in [3.63, 3.8) is 0 Å². The minimum absolute atomic E-state index is 0.349. The lowest BCUT2D eigenvalue weighted by atomic mass is 10.1. The second-order valence-electron chi connectivity index (χ2n) is 4.70. The van der Waals surface area contributed by atoms with Gasteiger partial charge in [0.15, 0.2) is 0 Å². The van der Waals surface area contributed by atoms with E-state index in [4.69, 9.17) is 5.11 Å². The number of carbonyl (C=O) groups is 1. The summed E-state index contributed by atoms with van der Waals surface area (Å²) < 4.78 is 0. The topological polar surface area (TPSA) is 40.5 Å². The molecule has 3 nitrogen and oxygen atoms in total. The first kappa shape index (κ1) is 13.1. The van der Waals surface area contributed by atoms with Gasteiger partial charge >= 0.3 is 5.97 Å². The molecule has 0 saturated carbocycles. The van der Waals surface area contributed by atoms with Crippen LogP contribution in [0.2, 0.25) is 0 Å². The maximum absolute atomic E-state index is 11.0. The van der Waals surface area contributed by atoms with Crippen LogP contribution in [0.25, 0.3) is 0 Å². The van der Waals surface area contributed by atoms with Gasteiger partial charge < -0.3 is 10.0 Å². The highest BCUT2D eigenvalue weighted by Crippen LogP contribution is 2.26. The van der Waals surface area contributed by atoms with E-state index in [9.17, 15) is 4.79 Å². The summed E-state index contributed by atoms with van der Waals surface area (Å²) in [6.45, 7) is 3.87. The van der Waals surface area contributed by atoms with Crippen molar-refractivity contribution in [2.75, 3.05) is 11.9 Å². The van der Waals surface area contributed by atoms with E-state index < -0.39 is 5.97 Å². The maximum Gasteiger partial charge on any atom is 0.335 e. The van der Waals surface area contributed by atoms with Gasteiger partial charge in [0.05, 0.1) is 5.56 Å². The first-order chi connectivity index (χ1) is 8.99. The fourth-order valence-corrected chi connectivity index (χ4v) is 2.08. The van der Waals surface area contributed by atoms with Crippen molar-refractivity contribution in [1.29, 1.82) is 0 Å². The van der Waals surface area contributed by atoms with Gasteiger partial charge in [-0.25, -0.2) is 4.79 Å². The van der Waals surface area contributed by atoms with Gasteiger partial charge in [-0.05, 0) is 55.3 Å². The van der Waals surface area contributed by atoms with Crippen LogP contribution in [0.5, 0.6) is 0 Å². The van der Waals surface area contributed by atoms with Gasteiger partial charge in [0.25, 0.3) is 0 Å². The van der Waals surface area contributed by atoms with Crippen LogP contribution >= 0.6 is 0 Å². The number of hydrogen-bond acceptors (Lipinski definition) is 2. The Bertz CT molecular complexity index is 620. The monoisotopic (exact) mass is 255 g/mol. The zero-order chi connectivity index (χ0) is 14.0. The normalized spacial score (nSPS) is 10.3. The van der Waals surface area contributed by atoms with Gasteiger partial charge in [0.2, 0.25) is 0 Å². The Hall–Kier alpha value is -2.29. The molecule has 19 heavy (non-hydrogen) atoms. The number of nitrogens with zero attached hydrogens (tertiary/aromatic N) is 1. The Labute approximate surface area is 113 Å². The number of hydrogen-bond donors (Lipinski definition) is 1. The van der Waals surface area contributed by atoms with E-state index in [2.05, 4.69) is 19.1 Å². The summed E-state index contributed by atoms with van der Waals surface area (Å²) >= 11 is 0. The van der Waals surface area contributed by atoms with Crippen molar-refractivity contribution in [3.8, 4) is 0 Å². The Morgan fingerprint density at radius 2 is 1.74 bits per heavy atom. The molecule has 0 aromatic heterocycles. The molecular weight excluding hydrogens is 238 g/mol. The Balaban J connectivity index is 2.37. The average Bonchev–Trinajstić information content (AvgIpc) is 2.37. The molecular formula is C16H17NO2. The van der Waals surface area contributed by atoms with Crippen LogP contribution < -0.4 is 4.90 Å². The summed E-state index contributed by atoms with van der Waals surface area (Å²) in [5, 5.41) is 9.03. The van der Waals surface area contributed by atoms with E-state index in [0.29, 0.717) is 5.56 Å². The molecule has 0 aliphatic carbocycles. The Morgan fingerprint density at radius 3 is 2.32 bits per heavy atom.